The zero-order valence-corrected chi connectivity index (χ0v) is 13.0. The molecular formula is C14H25NO4S. The van der Waals surface area contributed by atoms with E-state index >= 15 is 0 Å². The molecule has 2 atom stereocenters. The zero-order valence-electron chi connectivity index (χ0n) is 12.1. The standard InChI is InChI=1S/C14H25NO4S/c1-20(17,18)13-4-2-3-11(9-13)14(16)10-19-12-5-7-15-8-6-12/h11-13,15H,2-10H2,1H3. The third kappa shape index (κ3) is 4.53. The Morgan fingerprint density at radius 3 is 2.55 bits per heavy atom. The second kappa shape index (κ2) is 7.00. The molecule has 1 saturated heterocycles. The van der Waals surface area contributed by atoms with Crippen LogP contribution < -0.4 is 5.32 Å². The Morgan fingerprint density at radius 2 is 1.90 bits per heavy atom. The maximum atomic E-state index is 12.2. The fourth-order valence-corrected chi connectivity index (χ4v) is 4.28. The molecule has 0 aromatic carbocycles. The van der Waals surface area contributed by atoms with E-state index in [-0.39, 0.29) is 29.7 Å². The van der Waals surface area contributed by atoms with Crippen LogP contribution in [-0.2, 0) is 19.4 Å². The number of carbonyl (C=O) groups excluding carboxylic acids is 1. The lowest BCUT2D eigenvalue weighted by Gasteiger charge is -2.28. The third-order valence-corrected chi connectivity index (χ3v) is 6.07. The van der Waals surface area contributed by atoms with Crippen LogP contribution in [0.2, 0.25) is 0 Å². The molecule has 116 valence electrons. The van der Waals surface area contributed by atoms with Gasteiger partial charge in [-0.1, -0.05) is 6.42 Å². The average Bonchev–Trinajstić information content (AvgIpc) is 2.45. The lowest BCUT2D eigenvalue weighted by atomic mass is 9.86. The lowest BCUT2D eigenvalue weighted by Crippen LogP contribution is -2.36. The highest BCUT2D eigenvalue weighted by Gasteiger charge is 2.32. The van der Waals surface area contributed by atoms with E-state index < -0.39 is 9.84 Å². The van der Waals surface area contributed by atoms with Gasteiger partial charge in [0, 0.05) is 12.2 Å². The summed E-state index contributed by atoms with van der Waals surface area (Å²) in [6.07, 6.45) is 6.14. The van der Waals surface area contributed by atoms with Crippen LogP contribution in [0.1, 0.15) is 38.5 Å². The first-order valence-electron chi connectivity index (χ1n) is 7.50. The molecule has 1 aliphatic heterocycles. The zero-order chi connectivity index (χ0) is 14.6. The molecule has 6 heteroatoms. The van der Waals surface area contributed by atoms with E-state index in [1.807, 2.05) is 0 Å². The number of piperidine rings is 1. The van der Waals surface area contributed by atoms with E-state index in [4.69, 9.17) is 4.74 Å². The first-order valence-corrected chi connectivity index (χ1v) is 9.46. The van der Waals surface area contributed by atoms with Crippen molar-refractivity contribution in [1.82, 2.24) is 5.32 Å². The van der Waals surface area contributed by atoms with Gasteiger partial charge in [0.2, 0.25) is 0 Å². The Balaban J connectivity index is 1.79. The predicted molar refractivity (Wildman–Crippen MR) is 77.4 cm³/mol. The first kappa shape index (κ1) is 15.9. The second-order valence-electron chi connectivity index (χ2n) is 6.04. The number of carbonyl (C=O) groups is 1. The van der Waals surface area contributed by atoms with Crippen LogP contribution >= 0.6 is 0 Å². The fraction of sp³-hybridized carbons (Fsp3) is 0.929. The number of sulfone groups is 1. The summed E-state index contributed by atoms with van der Waals surface area (Å²) in [5.74, 6) is -0.0536. The van der Waals surface area contributed by atoms with Crippen molar-refractivity contribution in [3.8, 4) is 0 Å². The maximum Gasteiger partial charge on any atom is 0.161 e. The average molecular weight is 303 g/mol. The Morgan fingerprint density at radius 1 is 1.20 bits per heavy atom. The van der Waals surface area contributed by atoms with Gasteiger partial charge in [0.15, 0.2) is 5.78 Å². The molecule has 2 aliphatic rings. The van der Waals surface area contributed by atoms with E-state index in [2.05, 4.69) is 5.32 Å². The minimum atomic E-state index is -3.03. The van der Waals surface area contributed by atoms with Gasteiger partial charge in [0.05, 0.1) is 11.4 Å². The molecule has 2 rings (SSSR count). The van der Waals surface area contributed by atoms with Gasteiger partial charge >= 0.3 is 0 Å². The number of hydrogen-bond acceptors (Lipinski definition) is 5. The molecule has 1 N–H and O–H groups in total. The monoisotopic (exact) mass is 303 g/mol. The Labute approximate surface area is 121 Å². The van der Waals surface area contributed by atoms with Crippen molar-refractivity contribution < 1.29 is 17.9 Å². The van der Waals surface area contributed by atoms with Crippen LogP contribution in [0.25, 0.3) is 0 Å². The van der Waals surface area contributed by atoms with Gasteiger partial charge in [-0.15, -0.1) is 0 Å². The highest BCUT2D eigenvalue weighted by atomic mass is 32.2. The summed E-state index contributed by atoms with van der Waals surface area (Å²) >= 11 is 0. The quantitative estimate of drug-likeness (QED) is 0.818. The first-order chi connectivity index (χ1) is 9.47. The van der Waals surface area contributed by atoms with E-state index in [0.717, 1.165) is 38.8 Å². The van der Waals surface area contributed by atoms with Crippen molar-refractivity contribution in [2.24, 2.45) is 5.92 Å². The van der Waals surface area contributed by atoms with Crippen LogP contribution in [0.4, 0.5) is 0 Å². The van der Waals surface area contributed by atoms with Gasteiger partial charge in [0.25, 0.3) is 0 Å². The topological polar surface area (TPSA) is 72.5 Å². The van der Waals surface area contributed by atoms with Crippen LogP contribution in [0.15, 0.2) is 0 Å². The summed E-state index contributed by atoms with van der Waals surface area (Å²) in [7, 11) is -3.03. The summed E-state index contributed by atoms with van der Waals surface area (Å²) < 4.78 is 28.9. The van der Waals surface area contributed by atoms with Crippen LogP contribution in [0.3, 0.4) is 0 Å². The van der Waals surface area contributed by atoms with E-state index in [1.54, 1.807) is 0 Å². The molecule has 0 bridgehead atoms. The van der Waals surface area contributed by atoms with Gasteiger partial charge in [-0.3, -0.25) is 4.79 Å². The number of Topliss-reactive ketones (excluding diaryl/α,β-unsaturated/α-hetero) is 1. The molecule has 1 saturated carbocycles. The normalized spacial score (nSPS) is 29.2. The molecule has 2 fully saturated rings. The van der Waals surface area contributed by atoms with Gasteiger partial charge in [-0.2, -0.15) is 0 Å². The number of hydrogen-bond donors (Lipinski definition) is 1. The SMILES string of the molecule is CS(=O)(=O)C1CCCC(C(=O)COC2CCNCC2)C1. The molecule has 2 unspecified atom stereocenters. The highest BCUT2D eigenvalue weighted by molar-refractivity contribution is 7.91. The number of rotatable bonds is 5. The molecule has 20 heavy (non-hydrogen) atoms. The third-order valence-electron chi connectivity index (χ3n) is 4.43. The van der Waals surface area contributed by atoms with Crippen molar-refractivity contribution >= 4 is 15.6 Å². The fourth-order valence-electron chi connectivity index (χ4n) is 3.11. The minimum Gasteiger partial charge on any atom is -0.370 e. The molecule has 0 radical (unpaired) electrons. The van der Waals surface area contributed by atoms with Crippen LogP contribution in [0, 0.1) is 5.92 Å². The summed E-state index contributed by atoms with van der Waals surface area (Å²) in [4.78, 5) is 12.2. The van der Waals surface area contributed by atoms with E-state index in [9.17, 15) is 13.2 Å². The summed E-state index contributed by atoms with van der Waals surface area (Å²) in [6, 6.07) is 0. The Hall–Kier alpha value is -0.460. The molecule has 1 aliphatic carbocycles. The van der Waals surface area contributed by atoms with E-state index in [1.165, 1.54) is 6.26 Å². The van der Waals surface area contributed by atoms with Crippen molar-refractivity contribution in [1.29, 1.82) is 0 Å². The van der Waals surface area contributed by atoms with Gasteiger partial charge in [-0.05, 0) is 45.2 Å². The minimum absolute atomic E-state index is 0.0804. The van der Waals surface area contributed by atoms with Crippen LogP contribution in [0.5, 0.6) is 0 Å². The van der Waals surface area contributed by atoms with Gasteiger partial charge in [-0.25, -0.2) is 8.42 Å². The molecule has 1 heterocycles. The maximum absolute atomic E-state index is 12.2. The molecule has 0 aromatic heterocycles. The van der Waals surface area contributed by atoms with Gasteiger partial charge in [0.1, 0.15) is 16.4 Å². The molecular weight excluding hydrogens is 278 g/mol. The predicted octanol–water partition coefficient (Wildman–Crippen LogP) is 0.927. The smallest absolute Gasteiger partial charge is 0.161 e. The number of ketones is 1. The largest absolute Gasteiger partial charge is 0.370 e. The molecule has 0 aromatic rings. The molecule has 0 amide bonds. The summed E-state index contributed by atoms with van der Waals surface area (Å²) in [5, 5.41) is 2.91. The van der Waals surface area contributed by atoms with Crippen molar-refractivity contribution in [2.75, 3.05) is 26.0 Å². The molecule has 5 nitrogen and oxygen atoms in total. The summed E-state index contributed by atoms with van der Waals surface area (Å²) in [5.41, 5.74) is 0. The lowest BCUT2D eigenvalue weighted by molar-refractivity contribution is -0.130. The Bertz CT molecular complexity index is 428. The molecule has 0 spiro atoms. The Kier molecular flexibility index (Phi) is 5.57. The second-order valence-corrected chi connectivity index (χ2v) is 8.37. The van der Waals surface area contributed by atoms with Crippen molar-refractivity contribution in [2.45, 2.75) is 49.9 Å². The van der Waals surface area contributed by atoms with E-state index in [0.29, 0.717) is 12.8 Å². The number of nitrogens with one attached hydrogen (secondary N) is 1. The van der Waals surface area contributed by atoms with Gasteiger partial charge < -0.3 is 10.1 Å². The summed E-state index contributed by atoms with van der Waals surface area (Å²) in [6.45, 7) is 2.03. The van der Waals surface area contributed by atoms with Crippen molar-refractivity contribution in [3.05, 3.63) is 0 Å². The highest BCUT2D eigenvalue weighted by Crippen LogP contribution is 2.29. The number of ether oxygens (including phenoxy) is 1. The van der Waals surface area contributed by atoms with Crippen LogP contribution in [-0.4, -0.2) is 51.5 Å². The van der Waals surface area contributed by atoms with Crippen molar-refractivity contribution in [3.63, 3.8) is 0 Å².